The standard InChI is InChI=1S/C19H25N5O3/c1-23-13-19(11-15(23)17-21-16(12-26-2)27-22-17)6-9-24(10-7-19)18(25)14-5-3-4-8-20-14/h3-5,8,15H,6-7,9-13H2,1-2H3. The number of piperidine rings is 1. The third-order valence-electron chi connectivity index (χ3n) is 5.79. The molecule has 2 aliphatic rings. The second-order valence-corrected chi connectivity index (χ2v) is 7.62. The fraction of sp³-hybridized carbons (Fsp3) is 0.579. The Morgan fingerprint density at radius 1 is 1.37 bits per heavy atom. The summed E-state index contributed by atoms with van der Waals surface area (Å²) in [5.74, 6) is 1.27. The van der Waals surface area contributed by atoms with E-state index in [0.717, 1.165) is 44.7 Å². The van der Waals surface area contributed by atoms with Crippen molar-refractivity contribution < 1.29 is 14.1 Å². The van der Waals surface area contributed by atoms with Gasteiger partial charge in [0.25, 0.3) is 11.8 Å². The topological polar surface area (TPSA) is 84.6 Å². The number of pyridine rings is 1. The quantitative estimate of drug-likeness (QED) is 0.811. The Hall–Kier alpha value is -2.32. The van der Waals surface area contributed by atoms with Crippen LogP contribution in [-0.2, 0) is 11.3 Å². The predicted molar refractivity (Wildman–Crippen MR) is 96.8 cm³/mol. The third kappa shape index (κ3) is 3.59. The Kier molecular flexibility index (Phi) is 4.92. The van der Waals surface area contributed by atoms with Crippen LogP contribution in [0.2, 0.25) is 0 Å². The fourth-order valence-electron chi connectivity index (χ4n) is 4.34. The van der Waals surface area contributed by atoms with Gasteiger partial charge in [0.15, 0.2) is 5.82 Å². The molecule has 8 heteroatoms. The van der Waals surface area contributed by atoms with Crippen molar-refractivity contribution in [3.05, 3.63) is 41.8 Å². The number of ether oxygens (including phenoxy) is 1. The number of hydrogen-bond donors (Lipinski definition) is 0. The Morgan fingerprint density at radius 2 is 2.19 bits per heavy atom. The molecule has 27 heavy (non-hydrogen) atoms. The SMILES string of the molecule is COCc1nc(C2CC3(CCN(C(=O)c4ccccn4)CC3)CN2C)no1. The first-order chi connectivity index (χ1) is 13.1. The number of rotatable bonds is 4. The lowest BCUT2D eigenvalue weighted by Crippen LogP contribution is -2.44. The zero-order valence-corrected chi connectivity index (χ0v) is 15.8. The summed E-state index contributed by atoms with van der Waals surface area (Å²) >= 11 is 0. The van der Waals surface area contributed by atoms with Gasteiger partial charge < -0.3 is 14.2 Å². The van der Waals surface area contributed by atoms with Crippen LogP contribution < -0.4 is 0 Å². The molecule has 144 valence electrons. The summed E-state index contributed by atoms with van der Waals surface area (Å²) in [4.78, 5) is 25.5. The van der Waals surface area contributed by atoms with E-state index in [2.05, 4.69) is 27.1 Å². The Balaban J connectivity index is 1.40. The molecule has 1 unspecified atom stereocenters. The highest BCUT2D eigenvalue weighted by Crippen LogP contribution is 2.47. The summed E-state index contributed by atoms with van der Waals surface area (Å²) in [6.45, 7) is 2.84. The van der Waals surface area contributed by atoms with Gasteiger partial charge in [-0.25, -0.2) is 0 Å². The molecule has 2 aromatic rings. The smallest absolute Gasteiger partial charge is 0.272 e. The minimum absolute atomic E-state index is 0.0238. The van der Waals surface area contributed by atoms with E-state index in [1.807, 2.05) is 17.0 Å². The van der Waals surface area contributed by atoms with Gasteiger partial charge in [-0.1, -0.05) is 11.2 Å². The van der Waals surface area contributed by atoms with E-state index in [-0.39, 0.29) is 17.4 Å². The minimum Gasteiger partial charge on any atom is -0.375 e. The molecule has 8 nitrogen and oxygen atoms in total. The molecular formula is C19H25N5O3. The molecule has 4 heterocycles. The Morgan fingerprint density at radius 3 is 2.89 bits per heavy atom. The highest BCUT2D eigenvalue weighted by molar-refractivity contribution is 5.92. The number of aromatic nitrogens is 3. The van der Waals surface area contributed by atoms with Crippen LogP contribution in [0.3, 0.4) is 0 Å². The number of amides is 1. The van der Waals surface area contributed by atoms with Crippen molar-refractivity contribution in [1.82, 2.24) is 24.9 Å². The van der Waals surface area contributed by atoms with Crippen LogP contribution in [0.4, 0.5) is 0 Å². The number of carbonyl (C=O) groups excluding carboxylic acids is 1. The molecule has 1 atom stereocenters. The zero-order chi connectivity index (χ0) is 18.9. The lowest BCUT2D eigenvalue weighted by atomic mass is 9.76. The van der Waals surface area contributed by atoms with E-state index in [1.54, 1.807) is 19.4 Å². The van der Waals surface area contributed by atoms with Crippen molar-refractivity contribution in [2.45, 2.75) is 31.9 Å². The molecule has 1 amide bonds. The maximum atomic E-state index is 12.6. The van der Waals surface area contributed by atoms with Crippen LogP contribution in [0.15, 0.2) is 28.9 Å². The third-order valence-corrected chi connectivity index (χ3v) is 5.79. The molecule has 1 spiro atoms. The normalized spacial score (nSPS) is 22.4. The Bertz CT molecular complexity index is 786. The summed E-state index contributed by atoms with van der Waals surface area (Å²) in [7, 11) is 3.72. The van der Waals surface area contributed by atoms with E-state index < -0.39 is 0 Å². The first-order valence-electron chi connectivity index (χ1n) is 9.32. The summed E-state index contributed by atoms with van der Waals surface area (Å²) in [6, 6.07) is 5.61. The molecule has 2 saturated heterocycles. The van der Waals surface area contributed by atoms with Crippen molar-refractivity contribution in [2.24, 2.45) is 5.41 Å². The van der Waals surface area contributed by atoms with Crippen molar-refractivity contribution in [2.75, 3.05) is 33.8 Å². The van der Waals surface area contributed by atoms with E-state index in [4.69, 9.17) is 9.26 Å². The van der Waals surface area contributed by atoms with E-state index >= 15 is 0 Å². The zero-order valence-electron chi connectivity index (χ0n) is 15.8. The van der Waals surface area contributed by atoms with Crippen molar-refractivity contribution >= 4 is 5.91 Å². The highest BCUT2D eigenvalue weighted by Gasteiger charge is 2.46. The van der Waals surface area contributed by atoms with Crippen LogP contribution in [0.25, 0.3) is 0 Å². The van der Waals surface area contributed by atoms with E-state index in [0.29, 0.717) is 18.2 Å². The lowest BCUT2D eigenvalue weighted by Gasteiger charge is -2.39. The van der Waals surface area contributed by atoms with Gasteiger partial charge in [-0.3, -0.25) is 14.7 Å². The average molecular weight is 371 g/mol. The van der Waals surface area contributed by atoms with Gasteiger partial charge in [-0.05, 0) is 43.9 Å². The molecule has 0 saturated carbocycles. The molecule has 0 aliphatic carbocycles. The molecule has 0 radical (unpaired) electrons. The first-order valence-corrected chi connectivity index (χ1v) is 9.32. The maximum Gasteiger partial charge on any atom is 0.272 e. The molecule has 4 rings (SSSR count). The number of likely N-dealkylation sites (tertiary alicyclic amines) is 2. The van der Waals surface area contributed by atoms with E-state index in [9.17, 15) is 4.79 Å². The highest BCUT2D eigenvalue weighted by atomic mass is 16.5. The monoisotopic (exact) mass is 371 g/mol. The van der Waals surface area contributed by atoms with Crippen LogP contribution in [0.1, 0.15) is 47.5 Å². The van der Waals surface area contributed by atoms with Crippen LogP contribution >= 0.6 is 0 Å². The van der Waals surface area contributed by atoms with Crippen molar-refractivity contribution in [3.63, 3.8) is 0 Å². The molecule has 0 N–H and O–H groups in total. The van der Waals surface area contributed by atoms with Crippen molar-refractivity contribution in [1.29, 1.82) is 0 Å². The summed E-state index contributed by atoms with van der Waals surface area (Å²) in [6.07, 6.45) is 4.61. The van der Waals surface area contributed by atoms with Gasteiger partial charge in [0.1, 0.15) is 12.3 Å². The number of nitrogens with zero attached hydrogens (tertiary/aromatic N) is 5. The van der Waals surface area contributed by atoms with Gasteiger partial charge in [0.2, 0.25) is 0 Å². The summed E-state index contributed by atoms with van der Waals surface area (Å²) in [5, 5.41) is 4.15. The molecule has 2 aromatic heterocycles. The second-order valence-electron chi connectivity index (χ2n) is 7.62. The lowest BCUT2D eigenvalue weighted by molar-refractivity contribution is 0.0587. The molecular weight excluding hydrogens is 346 g/mol. The van der Waals surface area contributed by atoms with Gasteiger partial charge in [0.05, 0.1) is 6.04 Å². The van der Waals surface area contributed by atoms with Crippen LogP contribution in [-0.4, -0.2) is 64.6 Å². The van der Waals surface area contributed by atoms with Crippen LogP contribution in [0.5, 0.6) is 0 Å². The fourth-order valence-corrected chi connectivity index (χ4v) is 4.34. The molecule has 0 aromatic carbocycles. The Labute approximate surface area is 158 Å². The predicted octanol–water partition coefficient (Wildman–Crippen LogP) is 1.91. The van der Waals surface area contributed by atoms with E-state index in [1.165, 1.54) is 0 Å². The number of hydrogen-bond acceptors (Lipinski definition) is 7. The summed E-state index contributed by atoms with van der Waals surface area (Å²) in [5.41, 5.74) is 0.717. The minimum atomic E-state index is 0.0238. The molecule has 2 fully saturated rings. The summed E-state index contributed by atoms with van der Waals surface area (Å²) < 4.78 is 10.3. The molecule has 0 bridgehead atoms. The molecule has 2 aliphatic heterocycles. The van der Waals surface area contributed by atoms with Crippen molar-refractivity contribution in [3.8, 4) is 0 Å². The number of carbonyl (C=O) groups is 1. The van der Waals surface area contributed by atoms with Gasteiger partial charge in [-0.2, -0.15) is 4.98 Å². The van der Waals surface area contributed by atoms with Gasteiger partial charge in [-0.15, -0.1) is 0 Å². The maximum absolute atomic E-state index is 12.6. The first kappa shape index (κ1) is 18.1. The number of methoxy groups -OCH3 is 1. The average Bonchev–Trinajstić information content (AvgIpc) is 3.27. The van der Waals surface area contributed by atoms with Crippen LogP contribution in [0, 0.1) is 5.41 Å². The van der Waals surface area contributed by atoms with Gasteiger partial charge in [0, 0.05) is 32.9 Å². The second kappa shape index (κ2) is 7.36. The largest absolute Gasteiger partial charge is 0.375 e. The van der Waals surface area contributed by atoms with Gasteiger partial charge >= 0.3 is 0 Å².